The van der Waals surface area contributed by atoms with Crippen molar-refractivity contribution in [3.8, 4) is 0 Å². The predicted octanol–water partition coefficient (Wildman–Crippen LogP) is 1.31. The van der Waals surface area contributed by atoms with Crippen molar-refractivity contribution in [2.75, 3.05) is 12.4 Å². The zero-order valence-corrected chi connectivity index (χ0v) is 6.64. The van der Waals surface area contributed by atoms with E-state index >= 15 is 0 Å². The molecular formula is C7H8FNOS. The van der Waals surface area contributed by atoms with Crippen LogP contribution in [0.2, 0.25) is 0 Å². The first-order chi connectivity index (χ1) is 5.33. The third-order valence-electron chi connectivity index (χ3n) is 1.06. The number of hydrogen-bond donors (Lipinski definition) is 1. The molecule has 1 aromatic rings. The summed E-state index contributed by atoms with van der Waals surface area (Å²) in [6.45, 7) is 0.106. The Balaban J connectivity index is 2.56. The number of thioether (sulfide) groups is 1. The van der Waals surface area contributed by atoms with Crippen LogP contribution < -0.4 is 0 Å². The summed E-state index contributed by atoms with van der Waals surface area (Å²) in [7, 11) is 0. The van der Waals surface area contributed by atoms with Crippen molar-refractivity contribution in [2.45, 2.75) is 4.90 Å². The van der Waals surface area contributed by atoms with Gasteiger partial charge in [-0.15, -0.1) is 11.8 Å². The van der Waals surface area contributed by atoms with Gasteiger partial charge in [0.05, 0.1) is 6.61 Å². The molecule has 0 aromatic carbocycles. The molecule has 1 aromatic heterocycles. The third kappa shape index (κ3) is 2.86. The summed E-state index contributed by atoms with van der Waals surface area (Å²) in [6, 6.07) is 3.06. The van der Waals surface area contributed by atoms with Gasteiger partial charge in [-0.1, -0.05) is 0 Å². The van der Waals surface area contributed by atoms with Gasteiger partial charge in [0.15, 0.2) is 0 Å². The van der Waals surface area contributed by atoms with E-state index in [-0.39, 0.29) is 6.61 Å². The number of aliphatic hydroxyl groups is 1. The molecular weight excluding hydrogens is 165 g/mol. The van der Waals surface area contributed by atoms with E-state index in [0.717, 1.165) is 4.90 Å². The van der Waals surface area contributed by atoms with Gasteiger partial charge in [-0.05, 0) is 6.07 Å². The monoisotopic (exact) mass is 173 g/mol. The molecule has 0 bridgehead atoms. The Morgan fingerprint density at radius 3 is 3.09 bits per heavy atom. The van der Waals surface area contributed by atoms with Crippen molar-refractivity contribution in [3.05, 3.63) is 24.3 Å². The maximum Gasteiger partial charge on any atom is 0.213 e. The first-order valence-corrected chi connectivity index (χ1v) is 4.16. The Labute approximate surface area is 68.5 Å². The van der Waals surface area contributed by atoms with Gasteiger partial charge in [-0.3, -0.25) is 0 Å². The standard InChI is InChI=1S/C7H8FNOS/c8-7-5-6(1-2-9-7)11-4-3-10/h1-2,5,10H,3-4H2. The highest BCUT2D eigenvalue weighted by Gasteiger charge is 1.94. The van der Waals surface area contributed by atoms with E-state index in [9.17, 15) is 4.39 Å². The average Bonchev–Trinajstić information content (AvgIpc) is 2.01. The van der Waals surface area contributed by atoms with Crippen molar-refractivity contribution < 1.29 is 9.50 Å². The van der Waals surface area contributed by atoms with Crippen LogP contribution in [0.25, 0.3) is 0 Å². The Hall–Kier alpha value is -0.610. The van der Waals surface area contributed by atoms with Crippen LogP contribution in [0.15, 0.2) is 23.2 Å². The highest BCUT2D eigenvalue weighted by atomic mass is 32.2. The maximum atomic E-state index is 12.4. The summed E-state index contributed by atoms with van der Waals surface area (Å²) in [6.07, 6.45) is 1.41. The van der Waals surface area contributed by atoms with Crippen molar-refractivity contribution >= 4 is 11.8 Å². The second kappa shape index (κ2) is 4.31. The van der Waals surface area contributed by atoms with Crippen molar-refractivity contribution in [3.63, 3.8) is 0 Å². The number of aliphatic hydroxyl groups excluding tert-OH is 1. The molecule has 0 unspecified atom stereocenters. The molecule has 2 nitrogen and oxygen atoms in total. The molecule has 0 aliphatic carbocycles. The van der Waals surface area contributed by atoms with Crippen LogP contribution in [0, 0.1) is 5.95 Å². The molecule has 0 saturated carbocycles. The molecule has 1 N–H and O–H groups in total. The van der Waals surface area contributed by atoms with Crippen LogP contribution in [0.5, 0.6) is 0 Å². The lowest BCUT2D eigenvalue weighted by Crippen LogP contribution is -1.87. The second-order valence-corrected chi connectivity index (χ2v) is 3.05. The Morgan fingerprint density at radius 2 is 2.45 bits per heavy atom. The van der Waals surface area contributed by atoms with Crippen molar-refractivity contribution in [1.82, 2.24) is 4.98 Å². The number of rotatable bonds is 3. The van der Waals surface area contributed by atoms with Gasteiger partial charge in [0, 0.05) is 22.9 Å². The van der Waals surface area contributed by atoms with E-state index in [1.807, 2.05) is 0 Å². The molecule has 0 saturated heterocycles. The highest BCUT2D eigenvalue weighted by Crippen LogP contribution is 2.16. The fourth-order valence-electron chi connectivity index (χ4n) is 0.638. The lowest BCUT2D eigenvalue weighted by molar-refractivity contribution is 0.322. The van der Waals surface area contributed by atoms with E-state index in [4.69, 9.17) is 5.11 Å². The minimum absolute atomic E-state index is 0.106. The quantitative estimate of drug-likeness (QED) is 0.552. The molecule has 1 rings (SSSR count). The van der Waals surface area contributed by atoms with Crippen molar-refractivity contribution in [2.24, 2.45) is 0 Å². The Morgan fingerprint density at radius 1 is 1.64 bits per heavy atom. The summed E-state index contributed by atoms with van der Waals surface area (Å²) in [5.74, 6) is 0.108. The largest absolute Gasteiger partial charge is 0.396 e. The molecule has 0 amide bonds. The van der Waals surface area contributed by atoms with E-state index in [1.54, 1.807) is 6.07 Å². The molecule has 4 heteroatoms. The van der Waals surface area contributed by atoms with Crippen LogP contribution >= 0.6 is 11.8 Å². The summed E-state index contributed by atoms with van der Waals surface area (Å²) in [5.41, 5.74) is 0. The van der Waals surface area contributed by atoms with Crippen LogP contribution in [-0.2, 0) is 0 Å². The second-order valence-electron chi connectivity index (χ2n) is 1.89. The topological polar surface area (TPSA) is 33.1 Å². The summed E-state index contributed by atoms with van der Waals surface area (Å²) >= 11 is 1.40. The Kier molecular flexibility index (Phi) is 3.32. The van der Waals surface area contributed by atoms with Gasteiger partial charge in [0.1, 0.15) is 0 Å². The molecule has 11 heavy (non-hydrogen) atoms. The van der Waals surface area contributed by atoms with Crippen LogP contribution in [-0.4, -0.2) is 22.5 Å². The molecule has 60 valence electrons. The molecule has 0 aliphatic heterocycles. The summed E-state index contributed by atoms with van der Waals surface area (Å²) < 4.78 is 12.4. The fraction of sp³-hybridized carbons (Fsp3) is 0.286. The first-order valence-electron chi connectivity index (χ1n) is 3.18. The minimum atomic E-state index is -0.479. The minimum Gasteiger partial charge on any atom is -0.396 e. The van der Waals surface area contributed by atoms with E-state index < -0.39 is 5.95 Å². The number of aromatic nitrogens is 1. The molecule has 0 radical (unpaired) electrons. The van der Waals surface area contributed by atoms with Crippen LogP contribution in [0.1, 0.15) is 0 Å². The van der Waals surface area contributed by atoms with Gasteiger partial charge >= 0.3 is 0 Å². The Bertz CT molecular complexity index is 231. The van der Waals surface area contributed by atoms with E-state index in [1.165, 1.54) is 24.0 Å². The van der Waals surface area contributed by atoms with Crippen LogP contribution in [0.3, 0.4) is 0 Å². The molecule has 0 aliphatic rings. The average molecular weight is 173 g/mol. The molecule has 1 heterocycles. The number of hydrogen-bond acceptors (Lipinski definition) is 3. The SMILES string of the molecule is OCCSc1ccnc(F)c1. The van der Waals surface area contributed by atoms with E-state index in [0.29, 0.717) is 5.75 Å². The zero-order chi connectivity index (χ0) is 8.10. The zero-order valence-electron chi connectivity index (χ0n) is 5.83. The van der Waals surface area contributed by atoms with Crippen LogP contribution in [0.4, 0.5) is 4.39 Å². The number of nitrogens with zero attached hydrogens (tertiary/aromatic N) is 1. The van der Waals surface area contributed by atoms with Gasteiger partial charge in [-0.25, -0.2) is 4.98 Å². The lowest BCUT2D eigenvalue weighted by Gasteiger charge is -1.96. The van der Waals surface area contributed by atoms with Gasteiger partial charge < -0.3 is 5.11 Å². The predicted molar refractivity (Wildman–Crippen MR) is 42.0 cm³/mol. The third-order valence-corrected chi connectivity index (χ3v) is 2.03. The lowest BCUT2D eigenvalue weighted by atomic mass is 10.5. The smallest absolute Gasteiger partial charge is 0.213 e. The van der Waals surface area contributed by atoms with Gasteiger partial charge in [0.2, 0.25) is 5.95 Å². The number of halogens is 1. The number of pyridine rings is 1. The fourth-order valence-corrected chi connectivity index (χ4v) is 1.30. The highest BCUT2D eigenvalue weighted by molar-refractivity contribution is 7.99. The summed E-state index contributed by atoms with van der Waals surface area (Å²) in [4.78, 5) is 4.20. The van der Waals surface area contributed by atoms with Crippen molar-refractivity contribution in [1.29, 1.82) is 0 Å². The first kappa shape index (κ1) is 8.49. The molecule has 0 fully saturated rings. The normalized spacial score (nSPS) is 10.0. The van der Waals surface area contributed by atoms with E-state index in [2.05, 4.69) is 4.98 Å². The summed E-state index contributed by atoms with van der Waals surface area (Å²) in [5, 5.41) is 8.47. The van der Waals surface area contributed by atoms with Gasteiger partial charge in [-0.2, -0.15) is 4.39 Å². The molecule has 0 spiro atoms. The maximum absolute atomic E-state index is 12.4. The molecule has 0 atom stereocenters. The van der Waals surface area contributed by atoms with Gasteiger partial charge in [0.25, 0.3) is 0 Å².